The summed E-state index contributed by atoms with van der Waals surface area (Å²) in [5.74, 6) is -0.186. The molecular formula is C16H20N4O2. The number of amides is 1. The maximum absolute atomic E-state index is 12.4. The fraction of sp³-hybridized carbons (Fsp3) is 0.438. The summed E-state index contributed by atoms with van der Waals surface area (Å²) in [5, 5.41) is 17.2. The van der Waals surface area contributed by atoms with Gasteiger partial charge in [-0.3, -0.25) is 14.5 Å². The molecule has 1 aliphatic carbocycles. The van der Waals surface area contributed by atoms with Gasteiger partial charge < -0.3 is 10.4 Å². The van der Waals surface area contributed by atoms with Crippen molar-refractivity contribution in [3.63, 3.8) is 0 Å². The summed E-state index contributed by atoms with van der Waals surface area (Å²) in [6.45, 7) is 3.19. The van der Waals surface area contributed by atoms with Gasteiger partial charge in [-0.1, -0.05) is 0 Å². The third-order valence-corrected chi connectivity index (χ3v) is 4.04. The maximum atomic E-state index is 12.4. The Morgan fingerprint density at radius 2 is 2.23 bits per heavy atom. The van der Waals surface area contributed by atoms with Crippen LogP contribution in [0.3, 0.4) is 0 Å². The monoisotopic (exact) mass is 300 g/mol. The summed E-state index contributed by atoms with van der Waals surface area (Å²) in [7, 11) is 0. The summed E-state index contributed by atoms with van der Waals surface area (Å²) < 4.78 is 1.88. The highest BCUT2D eigenvalue weighted by molar-refractivity contribution is 5.94. The van der Waals surface area contributed by atoms with Gasteiger partial charge in [0, 0.05) is 43.2 Å². The van der Waals surface area contributed by atoms with E-state index in [1.54, 1.807) is 12.4 Å². The number of hydrogen-bond donors (Lipinski definition) is 2. The van der Waals surface area contributed by atoms with Crippen molar-refractivity contribution in [1.29, 1.82) is 0 Å². The van der Waals surface area contributed by atoms with Gasteiger partial charge in [0.2, 0.25) is 0 Å². The molecule has 0 radical (unpaired) electrons. The zero-order chi connectivity index (χ0) is 15.5. The van der Waals surface area contributed by atoms with Gasteiger partial charge >= 0.3 is 0 Å². The molecule has 0 unspecified atom stereocenters. The van der Waals surface area contributed by atoms with Crippen molar-refractivity contribution in [2.24, 2.45) is 0 Å². The molecule has 22 heavy (non-hydrogen) atoms. The molecule has 1 aliphatic rings. The molecule has 0 saturated carbocycles. The Kier molecular flexibility index (Phi) is 4.20. The van der Waals surface area contributed by atoms with E-state index in [9.17, 15) is 9.90 Å². The van der Waals surface area contributed by atoms with Crippen LogP contribution in [0.1, 0.15) is 40.7 Å². The van der Waals surface area contributed by atoms with Crippen LogP contribution < -0.4 is 5.32 Å². The number of nitrogens with one attached hydrogen (secondary N) is 1. The molecule has 0 aromatic carbocycles. The lowest BCUT2D eigenvalue weighted by Crippen LogP contribution is -2.26. The first-order chi connectivity index (χ1) is 10.7. The number of carbonyl (C=O) groups excluding carboxylic acids is 1. The van der Waals surface area contributed by atoms with E-state index in [1.807, 2.05) is 23.7 Å². The van der Waals surface area contributed by atoms with Gasteiger partial charge in [-0.15, -0.1) is 0 Å². The Balaban J connectivity index is 1.79. The van der Waals surface area contributed by atoms with E-state index in [1.165, 1.54) is 0 Å². The van der Waals surface area contributed by atoms with Crippen LogP contribution in [0.5, 0.6) is 0 Å². The van der Waals surface area contributed by atoms with E-state index in [2.05, 4.69) is 15.4 Å². The Bertz CT molecular complexity index is 666. The summed E-state index contributed by atoms with van der Waals surface area (Å²) in [6, 6.07) is 3.73. The van der Waals surface area contributed by atoms with Crippen LogP contribution in [0, 0.1) is 0 Å². The van der Waals surface area contributed by atoms with Gasteiger partial charge in [0.15, 0.2) is 5.69 Å². The number of aryl methyl sites for hydroxylation is 1. The van der Waals surface area contributed by atoms with Gasteiger partial charge in [0.25, 0.3) is 5.91 Å². The minimum Gasteiger partial charge on any atom is -0.393 e. The summed E-state index contributed by atoms with van der Waals surface area (Å²) >= 11 is 0. The van der Waals surface area contributed by atoms with Crippen molar-refractivity contribution in [1.82, 2.24) is 20.1 Å². The second kappa shape index (κ2) is 6.27. The van der Waals surface area contributed by atoms with Crippen molar-refractivity contribution in [3.8, 4) is 0 Å². The molecule has 1 atom stereocenters. The number of aliphatic hydroxyl groups is 1. The molecule has 116 valence electrons. The SMILES string of the molecule is CCn1nc(C(=O)NCc2ccncc2)c2c1CC[C@H](O)C2. The van der Waals surface area contributed by atoms with Crippen LogP contribution in [-0.4, -0.2) is 31.9 Å². The van der Waals surface area contributed by atoms with Crippen LogP contribution in [-0.2, 0) is 25.9 Å². The molecule has 0 bridgehead atoms. The molecule has 2 aromatic heterocycles. The highest BCUT2D eigenvalue weighted by Gasteiger charge is 2.27. The number of pyridine rings is 1. The minimum atomic E-state index is -0.381. The predicted octanol–water partition coefficient (Wildman–Crippen LogP) is 1.08. The molecule has 0 saturated heterocycles. The lowest BCUT2D eigenvalue weighted by Gasteiger charge is -2.18. The first-order valence-corrected chi connectivity index (χ1v) is 7.62. The Hall–Kier alpha value is -2.21. The molecule has 0 fully saturated rings. The molecule has 0 aliphatic heterocycles. The topological polar surface area (TPSA) is 80.0 Å². The number of rotatable bonds is 4. The quantitative estimate of drug-likeness (QED) is 0.885. The van der Waals surface area contributed by atoms with Crippen LogP contribution >= 0.6 is 0 Å². The zero-order valence-electron chi connectivity index (χ0n) is 12.6. The lowest BCUT2D eigenvalue weighted by molar-refractivity contribution is 0.0943. The van der Waals surface area contributed by atoms with Crippen molar-refractivity contribution in [2.75, 3.05) is 0 Å². The third-order valence-electron chi connectivity index (χ3n) is 4.04. The third kappa shape index (κ3) is 2.87. The summed E-state index contributed by atoms with van der Waals surface area (Å²) in [5.41, 5.74) is 3.42. The van der Waals surface area contributed by atoms with E-state index in [0.29, 0.717) is 18.7 Å². The Labute approximate surface area is 129 Å². The fourth-order valence-electron chi connectivity index (χ4n) is 2.88. The average Bonchev–Trinajstić information content (AvgIpc) is 2.91. The lowest BCUT2D eigenvalue weighted by atomic mass is 9.93. The number of aromatic nitrogens is 3. The fourth-order valence-corrected chi connectivity index (χ4v) is 2.88. The van der Waals surface area contributed by atoms with Crippen LogP contribution in [0.4, 0.5) is 0 Å². The van der Waals surface area contributed by atoms with E-state index >= 15 is 0 Å². The normalized spacial score (nSPS) is 17.1. The Morgan fingerprint density at radius 3 is 2.95 bits per heavy atom. The standard InChI is InChI=1S/C16H20N4O2/c1-2-20-14-4-3-12(21)9-13(14)15(19-20)16(22)18-10-11-5-7-17-8-6-11/h5-8,12,21H,2-4,9-10H2,1H3,(H,18,22)/t12-/m0/s1. The number of aliphatic hydroxyl groups excluding tert-OH is 1. The van der Waals surface area contributed by atoms with Crippen LogP contribution in [0.2, 0.25) is 0 Å². The van der Waals surface area contributed by atoms with E-state index in [4.69, 9.17) is 0 Å². The Morgan fingerprint density at radius 1 is 1.45 bits per heavy atom. The van der Waals surface area contributed by atoms with E-state index < -0.39 is 0 Å². The van der Waals surface area contributed by atoms with Gasteiger partial charge in [0.05, 0.1) is 6.10 Å². The van der Waals surface area contributed by atoms with Crippen molar-refractivity contribution in [3.05, 3.63) is 47.0 Å². The molecule has 6 heteroatoms. The molecule has 3 rings (SSSR count). The maximum Gasteiger partial charge on any atom is 0.272 e. The largest absolute Gasteiger partial charge is 0.393 e. The first-order valence-electron chi connectivity index (χ1n) is 7.62. The van der Waals surface area contributed by atoms with Gasteiger partial charge in [0.1, 0.15) is 0 Å². The van der Waals surface area contributed by atoms with Gasteiger partial charge in [-0.25, -0.2) is 0 Å². The van der Waals surface area contributed by atoms with E-state index in [-0.39, 0.29) is 12.0 Å². The molecule has 6 nitrogen and oxygen atoms in total. The number of hydrogen-bond acceptors (Lipinski definition) is 4. The van der Waals surface area contributed by atoms with Crippen molar-refractivity contribution >= 4 is 5.91 Å². The second-order valence-corrected chi connectivity index (χ2v) is 5.52. The molecule has 2 heterocycles. The molecule has 2 N–H and O–H groups in total. The summed E-state index contributed by atoms with van der Waals surface area (Å²) in [4.78, 5) is 16.4. The second-order valence-electron chi connectivity index (χ2n) is 5.52. The zero-order valence-corrected chi connectivity index (χ0v) is 12.6. The van der Waals surface area contributed by atoms with Gasteiger partial charge in [-0.2, -0.15) is 5.10 Å². The van der Waals surface area contributed by atoms with Crippen LogP contribution in [0.25, 0.3) is 0 Å². The average molecular weight is 300 g/mol. The number of carbonyl (C=O) groups is 1. The van der Waals surface area contributed by atoms with Crippen molar-refractivity contribution in [2.45, 2.75) is 45.4 Å². The van der Waals surface area contributed by atoms with E-state index in [0.717, 1.165) is 36.2 Å². The molecule has 1 amide bonds. The molecule has 2 aromatic rings. The van der Waals surface area contributed by atoms with Crippen molar-refractivity contribution < 1.29 is 9.90 Å². The van der Waals surface area contributed by atoms with Gasteiger partial charge in [-0.05, 0) is 37.5 Å². The smallest absolute Gasteiger partial charge is 0.272 e. The highest BCUT2D eigenvalue weighted by Crippen LogP contribution is 2.25. The predicted molar refractivity (Wildman–Crippen MR) is 81.3 cm³/mol. The summed E-state index contributed by atoms with van der Waals surface area (Å²) in [6.07, 6.45) is 5.03. The number of fused-ring (bicyclic) bond motifs is 1. The highest BCUT2D eigenvalue weighted by atomic mass is 16.3. The number of nitrogens with zero attached hydrogens (tertiary/aromatic N) is 3. The first kappa shape index (κ1) is 14.7. The van der Waals surface area contributed by atoms with Crippen LogP contribution in [0.15, 0.2) is 24.5 Å². The minimum absolute atomic E-state index is 0.186. The molecular weight excluding hydrogens is 280 g/mol. The molecule has 0 spiro atoms.